The highest BCUT2D eigenvalue weighted by molar-refractivity contribution is 7.89. The molecule has 0 aromatic heterocycles. The summed E-state index contributed by atoms with van der Waals surface area (Å²) < 4.78 is 51.2. The average Bonchev–Trinajstić information content (AvgIpc) is 2.70. The van der Waals surface area contributed by atoms with Crippen LogP contribution < -0.4 is 14.8 Å². The molecule has 0 aliphatic rings. The van der Waals surface area contributed by atoms with Gasteiger partial charge < -0.3 is 14.8 Å². The highest BCUT2D eigenvalue weighted by Gasteiger charge is 2.27. The van der Waals surface area contributed by atoms with Crippen molar-refractivity contribution >= 4 is 21.9 Å². The molecule has 1 unspecified atom stereocenters. The number of benzene rings is 2. The molecule has 0 fully saturated rings. The SMILES string of the molecule is COc1ccc(C(=O)OC(C)C(=O)NCc2ccc(F)cc2)cc1S(=O)(=O)NC(C)(C)C. The van der Waals surface area contributed by atoms with E-state index in [9.17, 15) is 22.4 Å². The van der Waals surface area contributed by atoms with Crippen LogP contribution >= 0.6 is 0 Å². The van der Waals surface area contributed by atoms with Crippen molar-refractivity contribution in [2.75, 3.05) is 7.11 Å². The highest BCUT2D eigenvalue weighted by atomic mass is 32.2. The zero-order valence-corrected chi connectivity index (χ0v) is 19.4. The van der Waals surface area contributed by atoms with Crippen LogP contribution in [0.15, 0.2) is 47.4 Å². The third-order valence-corrected chi connectivity index (χ3v) is 5.94. The Labute approximate surface area is 187 Å². The second-order valence-corrected chi connectivity index (χ2v) is 9.76. The second kappa shape index (κ2) is 10.1. The van der Waals surface area contributed by atoms with Crippen LogP contribution in [0, 0.1) is 5.82 Å². The Morgan fingerprint density at radius 1 is 1.09 bits per heavy atom. The molecule has 2 N–H and O–H groups in total. The number of esters is 1. The summed E-state index contributed by atoms with van der Waals surface area (Å²) in [6.07, 6.45) is -1.14. The van der Waals surface area contributed by atoms with Gasteiger partial charge in [-0.05, 0) is 63.6 Å². The van der Waals surface area contributed by atoms with E-state index in [-0.39, 0.29) is 28.6 Å². The minimum atomic E-state index is -3.99. The lowest BCUT2D eigenvalue weighted by Crippen LogP contribution is -2.40. The number of sulfonamides is 1. The molecule has 2 aromatic rings. The molecular weight excluding hydrogens is 439 g/mol. The molecule has 32 heavy (non-hydrogen) atoms. The van der Waals surface area contributed by atoms with E-state index in [0.717, 1.165) is 6.07 Å². The van der Waals surface area contributed by atoms with Gasteiger partial charge in [-0.2, -0.15) is 0 Å². The van der Waals surface area contributed by atoms with E-state index >= 15 is 0 Å². The predicted octanol–water partition coefficient (Wildman–Crippen LogP) is 2.77. The standard InChI is InChI=1S/C22H27FN2O6S/c1-14(20(26)24-13-15-6-9-17(23)10-7-15)31-21(27)16-8-11-18(30-5)19(12-16)32(28,29)25-22(2,3)4/h6-12,14,25H,13H2,1-5H3,(H,24,26). The van der Waals surface area contributed by atoms with Crippen LogP contribution in [0.1, 0.15) is 43.6 Å². The van der Waals surface area contributed by atoms with Crippen molar-refractivity contribution in [2.24, 2.45) is 0 Å². The average molecular weight is 467 g/mol. The molecule has 0 saturated heterocycles. The lowest BCUT2D eigenvalue weighted by molar-refractivity contribution is -0.129. The Kier molecular flexibility index (Phi) is 7.97. The fourth-order valence-corrected chi connectivity index (χ4v) is 4.30. The van der Waals surface area contributed by atoms with Gasteiger partial charge in [0.2, 0.25) is 10.0 Å². The van der Waals surface area contributed by atoms with Crippen molar-refractivity contribution < 1.29 is 31.9 Å². The third kappa shape index (κ3) is 7.03. The van der Waals surface area contributed by atoms with Crippen molar-refractivity contribution in [3.8, 4) is 5.75 Å². The summed E-state index contributed by atoms with van der Waals surface area (Å²) in [6, 6.07) is 9.42. The van der Waals surface area contributed by atoms with Gasteiger partial charge in [0.25, 0.3) is 5.91 Å². The summed E-state index contributed by atoms with van der Waals surface area (Å²) in [6.45, 7) is 6.56. The number of methoxy groups -OCH3 is 1. The van der Waals surface area contributed by atoms with Crippen LogP contribution in [0.2, 0.25) is 0 Å². The van der Waals surface area contributed by atoms with Gasteiger partial charge in [-0.25, -0.2) is 22.3 Å². The van der Waals surface area contributed by atoms with Gasteiger partial charge in [-0.3, -0.25) is 4.79 Å². The Balaban J connectivity index is 2.11. The van der Waals surface area contributed by atoms with E-state index in [4.69, 9.17) is 9.47 Å². The molecule has 0 saturated carbocycles. The Hall–Kier alpha value is -2.98. The molecule has 10 heteroatoms. The molecule has 174 valence electrons. The number of hydrogen-bond donors (Lipinski definition) is 2. The van der Waals surface area contributed by atoms with Crippen LogP contribution in [-0.2, 0) is 26.1 Å². The van der Waals surface area contributed by atoms with Crippen LogP contribution in [0.3, 0.4) is 0 Å². The summed E-state index contributed by atoms with van der Waals surface area (Å²) in [7, 11) is -2.68. The van der Waals surface area contributed by atoms with Crippen molar-refractivity contribution in [1.29, 1.82) is 0 Å². The van der Waals surface area contributed by atoms with Gasteiger partial charge in [-0.1, -0.05) is 12.1 Å². The maximum Gasteiger partial charge on any atom is 0.338 e. The van der Waals surface area contributed by atoms with E-state index in [1.165, 1.54) is 50.4 Å². The zero-order valence-electron chi connectivity index (χ0n) is 18.6. The number of amides is 1. The van der Waals surface area contributed by atoms with E-state index in [0.29, 0.717) is 5.56 Å². The van der Waals surface area contributed by atoms with Crippen LogP contribution in [0.25, 0.3) is 0 Å². The Morgan fingerprint density at radius 2 is 1.72 bits per heavy atom. The lowest BCUT2D eigenvalue weighted by atomic mass is 10.1. The third-order valence-electron chi connectivity index (χ3n) is 4.16. The normalized spacial score (nSPS) is 12.7. The van der Waals surface area contributed by atoms with Crippen molar-refractivity contribution in [3.63, 3.8) is 0 Å². The lowest BCUT2D eigenvalue weighted by Gasteiger charge is -2.21. The van der Waals surface area contributed by atoms with Crippen molar-refractivity contribution in [2.45, 2.75) is 50.8 Å². The summed E-state index contributed by atoms with van der Waals surface area (Å²) in [4.78, 5) is 24.6. The first kappa shape index (κ1) is 25.3. The van der Waals surface area contributed by atoms with Gasteiger partial charge in [0.15, 0.2) is 6.10 Å². The molecule has 1 atom stereocenters. The highest BCUT2D eigenvalue weighted by Crippen LogP contribution is 2.26. The first-order valence-corrected chi connectivity index (χ1v) is 11.3. The summed E-state index contributed by atoms with van der Waals surface area (Å²) >= 11 is 0. The maximum atomic E-state index is 13.0. The summed E-state index contributed by atoms with van der Waals surface area (Å²) in [5.74, 6) is -1.76. The Bertz CT molecular complexity index is 1080. The van der Waals surface area contributed by atoms with Gasteiger partial charge in [-0.15, -0.1) is 0 Å². The topological polar surface area (TPSA) is 111 Å². The van der Waals surface area contributed by atoms with Gasteiger partial charge in [0, 0.05) is 12.1 Å². The van der Waals surface area contributed by atoms with Gasteiger partial charge in [0.05, 0.1) is 12.7 Å². The quantitative estimate of drug-likeness (QED) is 0.579. The maximum absolute atomic E-state index is 13.0. The van der Waals surface area contributed by atoms with Gasteiger partial charge in [0.1, 0.15) is 16.5 Å². The van der Waals surface area contributed by atoms with Crippen molar-refractivity contribution in [3.05, 3.63) is 59.4 Å². The molecule has 0 bridgehead atoms. The molecule has 0 aliphatic heterocycles. The van der Waals surface area contributed by atoms with Gasteiger partial charge >= 0.3 is 5.97 Å². The number of hydrogen-bond acceptors (Lipinski definition) is 6. The predicted molar refractivity (Wildman–Crippen MR) is 116 cm³/mol. The molecule has 8 nitrogen and oxygen atoms in total. The van der Waals surface area contributed by atoms with Crippen LogP contribution in [-0.4, -0.2) is 39.0 Å². The molecule has 0 heterocycles. The smallest absolute Gasteiger partial charge is 0.338 e. The second-order valence-electron chi connectivity index (χ2n) is 8.11. The number of nitrogens with one attached hydrogen (secondary N) is 2. The summed E-state index contributed by atoms with van der Waals surface area (Å²) in [5, 5.41) is 2.59. The Morgan fingerprint density at radius 3 is 2.28 bits per heavy atom. The monoisotopic (exact) mass is 466 g/mol. The van der Waals surface area contributed by atoms with E-state index in [2.05, 4.69) is 10.0 Å². The first-order valence-electron chi connectivity index (χ1n) is 9.77. The molecule has 1 amide bonds. The first-order chi connectivity index (χ1) is 14.8. The molecule has 0 spiro atoms. The fourth-order valence-electron chi connectivity index (χ4n) is 2.69. The number of ether oxygens (including phenoxy) is 2. The number of carbonyl (C=O) groups is 2. The number of carbonyl (C=O) groups excluding carboxylic acids is 2. The van der Waals surface area contributed by atoms with Crippen LogP contribution in [0.4, 0.5) is 4.39 Å². The zero-order chi connectivity index (χ0) is 24.1. The van der Waals surface area contributed by atoms with E-state index < -0.39 is 33.5 Å². The minimum Gasteiger partial charge on any atom is -0.495 e. The largest absolute Gasteiger partial charge is 0.495 e. The van der Waals surface area contributed by atoms with E-state index in [1.807, 2.05) is 0 Å². The molecular formula is C22H27FN2O6S. The van der Waals surface area contributed by atoms with E-state index in [1.54, 1.807) is 20.8 Å². The fraction of sp³-hybridized carbons (Fsp3) is 0.364. The van der Waals surface area contributed by atoms with Crippen LogP contribution in [0.5, 0.6) is 5.75 Å². The summed E-state index contributed by atoms with van der Waals surface area (Å²) in [5.41, 5.74) is -0.134. The molecule has 2 rings (SSSR count). The number of rotatable bonds is 8. The molecule has 0 radical (unpaired) electrons. The number of halogens is 1. The molecule has 0 aliphatic carbocycles. The van der Waals surface area contributed by atoms with Crippen molar-refractivity contribution in [1.82, 2.24) is 10.0 Å². The molecule has 2 aromatic carbocycles. The minimum absolute atomic E-state index is 0.0572.